The Morgan fingerprint density at radius 3 is 2.10 bits per heavy atom. The summed E-state index contributed by atoms with van der Waals surface area (Å²) in [6.07, 6.45) is 2.07. The molecule has 1 amide bonds. The summed E-state index contributed by atoms with van der Waals surface area (Å²) >= 11 is 0. The van der Waals surface area contributed by atoms with Gasteiger partial charge in [-0.25, -0.2) is 0 Å². The van der Waals surface area contributed by atoms with Crippen molar-refractivity contribution in [2.75, 3.05) is 18.8 Å². The van der Waals surface area contributed by atoms with Gasteiger partial charge < -0.3 is 10.6 Å². The van der Waals surface area contributed by atoms with Crippen molar-refractivity contribution < 1.29 is 4.79 Å². The lowest BCUT2D eigenvalue weighted by molar-refractivity contribution is 0.0741. The van der Waals surface area contributed by atoms with Crippen LogP contribution in [0.2, 0.25) is 0 Å². The third-order valence-corrected chi connectivity index (χ3v) is 3.37. The van der Waals surface area contributed by atoms with Gasteiger partial charge in [-0.2, -0.15) is 0 Å². The molecule has 0 heterocycles. The molecular weight excluding hydrogens is 248 g/mol. The van der Waals surface area contributed by atoms with E-state index >= 15 is 0 Å². The topological polar surface area (TPSA) is 46.3 Å². The van der Waals surface area contributed by atoms with Crippen LogP contribution >= 0.6 is 0 Å². The van der Waals surface area contributed by atoms with Gasteiger partial charge in [-0.15, -0.1) is 0 Å². The summed E-state index contributed by atoms with van der Waals surface area (Å²) < 4.78 is 0. The van der Waals surface area contributed by atoms with Crippen LogP contribution in [0.1, 0.15) is 50.9 Å². The van der Waals surface area contributed by atoms with Crippen LogP contribution in [0.5, 0.6) is 0 Å². The van der Waals surface area contributed by atoms with Crippen LogP contribution in [0.15, 0.2) is 24.3 Å². The molecule has 0 radical (unpaired) electrons. The summed E-state index contributed by atoms with van der Waals surface area (Å²) in [6.45, 7) is 10.4. The van der Waals surface area contributed by atoms with Crippen molar-refractivity contribution in [1.82, 2.24) is 4.90 Å². The molecule has 3 nitrogen and oxygen atoms in total. The highest BCUT2D eigenvalue weighted by Gasteiger charge is 2.16. The summed E-state index contributed by atoms with van der Waals surface area (Å²) in [5.74, 6) is 1.30. The molecule has 0 aromatic heterocycles. The number of carbonyl (C=O) groups excluding carboxylic acids is 1. The lowest BCUT2D eigenvalue weighted by Gasteiger charge is -2.24. The number of nitrogens with zero attached hydrogens (tertiary/aromatic N) is 1. The Morgan fingerprint density at radius 1 is 1.10 bits per heavy atom. The molecule has 0 aliphatic carbocycles. The lowest BCUT2D eigenvalue weighted by Crippen LogP contribution is -2.34. The summed E-state index contributed by atoms with van der Waals surface area (Å²) in [4.78, 5) is 14.6. The smallest absolute Gasteiger partial charge is 0.253 e. The predicted octanol–water partition coefficient (Wildman–Crippen LogP) is 3.80. The molecular formula is C17H28N2O. The summed E-state index contributed by atoms with van der Waals surface area (Å²) in [5.41, 5.74) is 7.10. The molecule has 0 saturated carbocycles. The quantitative estimate of drug-likeness (QED) is 0.770. The van der Waals surface area contributed by atoms with E-state index in [1.807, 2.05) is 23.1 Å². The second-order valence-corrected chi connectivity index (χ2v) is 6.28. The molecule has 1 rings (SSSR count). The Labute approximate surface area is 123 Å². The van der Waals surface area contributed by atoms with Gasteiger partial charge in [0.2, 0.25) is 0 Å². The van der Waals surface area contributed by atoms with E-state index < -0.39 is 0 Å². The molecule has 1 aromatic rings. The molecule has 0 bridgehead atoms. The van der Waals surface area contributed by atoms with Crippen LogP contribution in [0.3, 0.4) is 0 Å². The maximum absolute atomic E-state index is 12.6. The van der Waals surface area contributed by atoms with E-state index in [-0.39, 0.29) is 5.91 Å². The van der Waals surface area contributed by atoms with Gasteiger partial charge in [0.25, 0.3) is 5.91 Å². The molecule has 3 heteroatoms. The average molecular weight is 276 g/mol. The molecule has 0 spiro atoms. The fourth-order valence-corrected chi connectivity index (χ4v) is 2.00. The van der Waals surface area contributed by atoms with E-state index in [0.717, 1.165) is 25.9 Å². The van der Waals surface area contributed by atoms with E-state index in [2.05, 4.69) is 27.7 Å². The number of carbonyl (C=O) groups is 1. The summed E-state index contributed by atoms with van der Waals surface area (Å²) in [5, 5.41) is 0. The van der Waals surface area contributed by atoms with Crippen molar-refractivity contribution in [1.29, 1.82) is 0 Å². The van der Waals surface area contributed by atoms with Crippen LogP contribution in [-0.2, 0) is 0 Å². The van der Waals surface area contributed by atoms with Crippen molar-refractivity contribution >= 4 is 11.6 Å². The Balaban J connectivity index is 2.76. The van der Waals surface area contributed by atoms with Gasteiger partial charge in [-0.1, -0.05) is 33.8 Å². The molecule has 2 N–H and O–H groups in total. The van der Waals surface area contributed by atoms with Crippen molar-refractivity contribution in [3.05, 3.63) is 29.8 Å². The average Bonchev–Trinajstić information content (AvgIpc) is 2.37. The van der Waals surface area contributed by atoms with Crippen LogP contribution < -0.4 is 5.73 Å². The van der Waals surface area contributed by atoms with Gasteiger partial charge in [-0.05, 0) is 42.9 Å². The third-order valence-electron chi connectivity index (χ3n) is 3.37. The van der Waals surface area contributed by atoms with Gasteiger partial charge in [0, 0.05) is 24.3 Å². The fraction of sp³-hybridized carbons (Fsp3) is 0.588. The van der Waals surface area contributed by atoms with Gasteiger partial charge in [0.15, 0.2) is 0 Å². The molecule has 1 aromatic carbocycles. The van der Waals surface area contributed by atoms with Gasteiger partial charge in [-0.3, -0.25) is 4.79 Å². The van der Waals surface area contributed by atoms with E-state index in [0.29, 0.717) is 23.1 Å². The monoisotopic (exact) mass is 276 g/mol. The molecule has 0 unspecified atom stereocenters. The summed E-state index contributed by atoms with van der Waals surface area (Å²) in [7, 11) is 0. The lowest BCUT2D eigenvalue weighted by atomic mass is 10.1. The number of hydrogen-bond donors (Lipinski definition) is 1. The van der Waals surface area contributed by atoms with Gasteiger partial charge in [0.05, 0.1) is 0 Å². The minimum atomic E-state index is 0.0959. The van der Waals surface area contributed by atoms with Gasteiger partial charge in [0.1, 0.15) is 0 Å². The number of nitrogens with two attached hydrogens (primary N) is 1. The van der Waals surface area contributed by atoms with Crippen LogP contribution in [-0.4, -0.2) is 23.9 Å². The maximum atomic E-state index is 12.6. The van der Waals surface area contributed by atoms with Crippen LogP contribution in [0.4, 0.5) is 5.69 Å². The standard InChI is InChI=1S/C17H28N2O/c1-13(2)8-10-19(11-9-14(3)4)17(20)15-6-5-7-16(18)12-15/h5-7,12-14H,8-11,18H2,1-4H3. The largest absolute Gasteiger partial charge is 0.399 e. The Bertz CT molecular complexity index is 415. The zero-order chi connectivity index (χ0) is 15.1. The first kappa shape index (κ1) is 16.5. The Kier molecular flexibility index (Phi) is 6.56. The first-order valence-electron chi connectivity index (χ1n) is 7.55. The second-order valence-electron chi connectivity index (χ2n) is 6.28. The molecule has 0 aliphatic heterocycles. The predicted molar refractivity (Wildman–Crippen MR) is 85.7 cm³/mol. The highest BCUT2D eigenvalue weighted by molar-refractivity contribution is 5.95. The Hall–Kier alpha value is -1.51. The number of hydrogen-bond acceptors (Lipinski definition) is 2. The maximum Gasteiger partial charge on any atom is 0.253 e. The van der Waals surface area contributed by atoms with E-state index in [4.69, 9.17) is 5.73 Å². The van der Waals surface area contributed by atoms with E-state index in [1.54, 1.807) is 6.07 Å². The number of benzene rings is 1. The first-order chi connectivity index (χ1) is 9.40. The molecule has 20 heavy (non-hydrogen) atoms. The fourth-order valence-electron chi connectivity index (χ4n) is 2.00. The number of rotatable bonds is 7. The molecule has 0 saturated heterocycles. The van der Waals surface area contributed by atoms with Crippen LogP contribution in [0, 0.1) is 11.8 Å². The minimum absolute atomic E-state index is 0.0959. The van der Waals surface area contributed by atoms with Crippen molar-refractivity contribution in [3.63, 3.8) is 0 Å². The number of nitrogen functional groups attached to an aromatic ring is 1. The number of amides is 1. The highest BCUT2D eigenvalue weighted by atomic mass is 16.2. The minimum Gasteiger partial charge on any atom is -0.399 e. The zero-order valence-corrected chi connectivity index (χ0v) is 13.2. The van der Waals surface area contributed by atoms with E-state index in [9.17, 15) is 4.79 Å². The third kappa shape index (κ3) is 5.64. The molecule has 0 atom stereocenters. The van der Waals surface area contributed by atoms with Gasteiger partial charge >= 0.3 is 0 Å². The second kappa shape index (κ2) is 7.93. The van der Waals surface area contributed by atoms with Crippen molar-refractivity contribution in [2.24, 2.45) is 11.8 Å². The zero-order valence-electron chi connectivity index (χ0n) is 13.2. The molecule has 0 aliphatic rings. The SMILES string of the molecule is CC(C)CCN(CCC(C)C)C(=O)c1cccc(N)c1. The highest BCUT2D eigenvalue weighted by Crippen LogP contribution is 2.13. The van der Waals surface area contributed by atoms with Crippen LogP contribution in [0.25, 0.3) is 0 Å². The number of anilines is 1. The van der Waals surface area contributed by atoms with Crippen molar-refractivity contribution in [3.8, 4) is 0 Å². The van der Waals surface area contributed by atoms with E-state index in [1.165, 1.54) is 0 Å². The normalized spacial score (nSPS) is 11.1. The van der Waals surface area contributed by atoms with Crippen molar-refractivity contribution in [2.45, 2.75) is 40.5 Å². The Morgan fingerprint density at radius 2 is 1.65 bits per heavy atom. The molecule has 0 fully saturated rings. The first-order valence-corrected chi connectivity index (χ1v) is 7.55. The summed E-state index contributed by atoms with van der Waals surface area (Å²) in [6, 6.07) is 7.26. The molecule has 112 valence electrons.